The molecule has 1 rings (SSSR count). The first-order valence-electron chi connectivity index (χ1n) is 5.60. The van der Waals surface area contributed by atoms with E-state index in [2.05, 4.69) is 4.98 Å². The lowest BCUT2D eigenvalue weighted by molar-refractivity contribution is -0.138. The fourth-order valence-electron chi connectivity index (χ4n) is 1.46. The average molecular weight is 271 g/mol. The van der Waals surface area contributed by atoms with Crippen LogP contribution in [0.3, 0.4) is 0 Å². The van der Waals surface area contributed by atoms with Gasteiger partial charge in [-0.25, -0.2) is 0 Å². The van der Waals surface area contributed by atoms with Gasteiger partial charge in [0, 0.05) is 17.3 Å². The number of amides is 1. The maximum atomic E-state index is 12.2. The molecule has 1 atom stereocenters. The van der Waals surface area contributed by atoms with Crippen molar-refractivity contribution in [3.63, 3.8) is 0 Å². The summed E-state index contributed by atoms with van der Waals surface area (Å²) in [6.45, 7) is 3.34. The minimum Gasteiger partial charge on any atom is -0.480 e. The van der Waals surface area contributed by atoms with E-state index < -0.39 is 11.9 Å². The van der Waals surface area contributed by atoms with Gasteiger partial charge in [-0.3, -0.25) is 14.6 Å². The summed E-state index contributed by atoms with van der Waals surface area (Å²) in [5.74, 6) is -1.47. The summed E-state index contributed by atoms with van der Waals surface area (Å²) in [5.41, 5.74) is 0.157. The lowest BCUT2D eigenvalue weighted by Gasteiger charge is -2.26. The lowest BCUT2D eigenvalue weighted by atomic mass is 10.2. The number of aliphatic carboxylic acids is 1. The molecule has 98 valence electrons. The molecule has 1 aromatic rings. The Morgan fingerprint density at radius 2 is 2.22 bits per heavy atom. The van der Waals surface area contributed by atoms with E-state index in [0.29, 0.717) is 11.4 Å². The van der Waals surface area contributed by atoms with Crippen LogP contribution in [0.15, 0.2) is 18.3 Å². The van der Waals surface area contributed by atoms with E-state index in [0.717, 1.165) is 0 Å². The first kappa shape index (κ1) is 14.4. The first-order valence-corrected chi connectivity index (χ1v) is 5.97. The predicted molar refractivity (Wildman–Crippen MR) is 67.7 cm³/mol. The largest absolute Gasteiger partial charge is 0.480 e. The third kappa shape index (κ3) is 3.70. The number of carboxylic acids is 1. The van der Waals surface area contributed by atoms with Crippen LogP contribution in [-0.4, -0.2) is 39.5 Å². The Kier molecular flexibility index (Phi) is 5.09. The highest BCUT2D eigenvalue weighted by molar-refractivity contribution is 6.30. The summed E-state index contributed by atoms with van der Waals surface area (Å²) >= 11 is 5.79. The number of rotatable bonds is 5. The van der Waals surface area contributed by atoms with Crippen LogP contribution in [0.1, 0.15) is 30.8 Å². The fourth-order valence-corrected chi connectivity index (χ4v) is 1.62. The Labute approximate surface area is 110 Å². The number of halogens is 1. The van der Waals surface area contributed by atoms with Crippen molar-refractivity contribution in [3.8, 4) is 0 Å². The first-order chi connectivity index (χ1) is 8.45. The highest BCUT2D eigenvalue weighted by Crippen LogP contribution is 2.13. The molecule has 1 unspecified atom stereocenters. The van der Waals surface area contributed by atoms with Crippen LogP contribution < -0.4 is 0 Å². The smallest absolute Gasteiger partial charge is 0.323 e. The third-order valence-electron chi connectivity index (χ3n) is 2.63. The van der Waals surface area contributed by atoms with Crippen molar-refractivity contribution in [1.29, 1.82) is 0 Å². The molecule has 0 radical (unpaired) electrons. The second-order valence-corrected chi connectivity index (χ2v) is 4.38. The van der Waals surface area contributed by atoms with Gasteiger partial charge < -0.3 is 10.0 Å². The minimum absolute atomic E-state index is 0.157. The van der Waals surface area contributed by atoms with Crippen molar-refractivity contribution in [2.45, 2.75) is 26.3 Å². The molecule has 0 bridgehead atoms. The highest BCUT2D eigenvalue weighted by Gasteiger charge is 2.23. The van der Waals surface area contributed by atoms with Crippen molar-refractivity contribution in [2.75, 3.05) is 6.54 Å². The van der Waals surface area contributed by atoms with E-state index >= 15 is 0 Å². The number of hydrogen-bond acceptors (Lipinski definition) is 3. The van der Waals surface area contributed by atoms with Gasteiger partial charge in [0.15, 0.2) is 0 Å². The second-order valence-electron chi connectivity index (χ2n) is 3.94. The highest BCUT2D eigenvalue weighted by atomic mass is 35.5. The van der Waals surface area contributed by atoms with Crippen LogP contribution in [0.25, 0.3) is 0 Å². The van der Waals surface area contributed by atoms with Crippen LogP contribution >= 0.6 is 11.6 Å². The van der Waals surface area contributed by atoms with Crippen LogP contribution in [-0.2, 0) is 4.79 Å². The molecule has 0 saturated heterocycles. The molecule has 1 amide bonds. The topological polar surface area (TPSA) is 70.5 Å². The minimum atomic E-state index is -1.05. The van der Waals surface area contributed by atoms with Gasteiger partial charge in [-0.1, -0.05) is 18.5 Å². The number of pyridine rings is 1. The van der Waals surface area contributed by atoms with Crippen LogP contribution in [0.4, 0.5) is 0 Å². The summed E-state index contributed by atoms with van der Waals surface area (Å²) in [6, 6.07) is 2.82. The zero-order valence-electron chi connectivity index (χ0n) is 10.3. The van der Waals surface area contributed by atoms with Gasteiger partial charge in [-0.2, -0.15) is 0 Å². The van der Waals surface area contributed by atoms with Gasteiger partial charge >= 0.3 is 5.97 Å². The van der Waals surface area contributed by atoms with E-state index in [1.165, 1.54) is 17.2 Å². The number of carbonyl (C=O) groups is 2. The number of carboxylic acid groups (broad SMARTS) is 1. The summed E-state index contributed by atoms with van der Waals surface area (Å²) in [5, 5.41) is 9.23. The molecule has 0 fully saturated rings. The van der Waals surface area contributed by atoms with Gasteiger partial charge in [0.05, 0.1) is 0 Å². The summed E-state index contributed by atoms with van der Waals surface area (Å²) < 4.78 is 0. The van der Waals surface area contributed by atoms with E-state index in [9.17, 15) is 9.59 Å². The van der Waals surface area contributed by atoms with Crippen molar-refractivity contribution in [2.24, 2.45) is 0 Å². The normalized spacial score (nSPS) is 11.9. The van der Waals surface area contributed by atoms with Gasteiger partial charge in [-0.15, -0.1) is 0 Å². The number of carbonyl (C=O) groups excluding carboxylic acids is 1. The summed E-state index contributed by atoms with van der Waals surface area (Å²) in [4.78, 5) is 28.2. The average Bonchev–Trinajstić information content (AvgIpc) is 2.34. The van der Waals surface area contributed by atoms with Crippen molar-refractivity contribution in [3.05, 3.63) is 29.0 Å². The van der Waals surface area contributed by atoms with Gasteiger partial charge in [0.25, 0.3) is 5.91 Å². The molecule has 1 heterocycles. The molecular formula is C12H15ClN2O3. The SMILES string of the molecule is CCC(C)N(CC(=O)O)C(=O)c1cc(Cl)ccn1. The monoisotopic (exact) mass is 270 g/mol. The van der Waals surface area contributed by atoms with Gasteiger partial charge in [0.1, 0.15) is 12.2 Å². The lowest BCUT2D eigenvalue weighted by Crippen LogP contribution is -2.42. The van der Waals surface area contributed by atoms with Crippen molar-refractivity contribution in [1.82, 2.24) is 9.88 Å². The summed E-state index contributed by atoms with van der Waals surface area (Å²) in [7, 11) is 0. The van der Waals surface area contributed by atoms with Crippen molar-refractivity contribution >= 4 is 23.5 Å². The number of nitrogens with zero attached hydrogens (tertiary/aromatic N) is 2. The zero-order chi connectivity index (χ0) is 13.7. The molecule has 0 aromatic carbocycles. The number of aromatic nitrogens is 1. The maximum Gasteiger partial charge on any atom is 0.323 e. The molecule has 5 nitrogen and oxygen atoms in total. The Morgan fingerprint density at radius 3 is 2.72 bits per heavy atom. The molecule has 6 heteroatoms. The Bertz CT molecular complexity index is 451. The van der Waals surface area contributed by atoms with E-state index in [-0.39, 0.29) is 18.3 Å². The van der Waals surface area contributed by atoms with Crippen LogP contribution in [0.5, 0.6) is 0 Å². The van der Waals surface area contributed by atoms with E-state index in [4.69, 9.17) is 16.7 Å². The molecular weight excluding hydrogens is 256 g/mol. The zero-order valence-corrected chi connectivity index (χ0v) is 11.0. The van der Waals surface area contributed by atoms with Crippen molar-refractivity contribution < 1.29 is 14.7 Å². The van der Waals surface area contributed by atoms with Gasteiger partial charge in [-0.05, 0) is 25.5 Å². The molecule has 18 heavy (non-hydrogen) atoms. The molecule has 1 N–H and O–H groups in total. The quantitative estimate of drug-likeness (QED) is 0.889. The molecule has 0 aliphatic heterocycles. The molecule has 0 spiro atoms. The van der Waals surface area contributed by atoms with Crippen LogP contribution in [0.2, 0.25) is 5.02 Å². The summed E-state index contributed by atoms with van der Waals surface area (Å²) in [6.07, 6.45) is 2.09. The maximum absolute atomic E-state index is 12.2. The third-order valence-corrected chi connectivity index (χ3v) is 2.87. The Hall–Kier alpha value is -1.62. The van der Waals surface area contributed by atoms with Crippen LogP contribution in [0, 0.1) is 0 Å². The molecule has 0 aliphatic carbocycles. The van der Waals surface area contributed by atoms with Gasteiger partial charge in [0.2, 0.25) is 0 Å². The number of hydrogen-bond donors (Lipinski definition) is 1. The molecule has 0 saturated carbocycles. The Balaban J connectivity index is 2.98. The predicted octanol–water partition coefficient (Wildman–Crippen LogP) is 2.06. The van der Waals surface area contributed by atoms with E-state index in [1.807, 2.05) is 6.92 Å². The molecule has 0 aliphatic rings. The fraction of sp³-hybridized carbons (Fsp3) is 0.417. The molecule has 1 aromatic heterocycles. The second kappa shape index (κ2) is 6.35. The van der Waals surface area contributed by atoms with E-state index in [1.54, 1.807) is 13.0 Å². The standard InChI is InChI=1S/C12H15ClN2O3/c1-3-8(2)15(7-11(16)17)12(18)10-6-9(13)4-5-14-10/h4-6,8H,3,7H2,1-2H3,(H,16,17). The Morgan fingerprint density at radius 1 is 1.56 bits per heavy atom.